The predicted octanol–water partition coefficient (Wildman–Crippen LogP) is 1.07. The monoisotopic (exact) mass is 290 g/mol. The molecule has 7 heteroatoms. The van der Waals surface area contributed by atoms with E-state index in [-0.39, 0.29) is 12.3 Å². The SMILES string of the molecule is CNC(=O)C[C@H](NS(C)(=O)=O)c1ccc(Cl)cc1. The van der Waals surface area contributed by atoms with Crippen LogP contribution >= 0.6 is 11.6 Å². The fourth-order valence-corrected chi connectivity index (χ4v) is 2.33. The first-order valence-electron chi connectivity index (χ1n) is 5.25. The van der Waals surface area contributed by atoms with E-state index in [0.29, 0.717) is 10.6 Å². The van der Waals surface area contributed by atoms with Crippen LogP contribution in [0, 0.1) is 0 Å². The van der Waals surface area contributed by atoms with Gasteiger partial charge in [0.25, 0.3) is 0 Å². The van der Waals surface area contributed by atoms with E-state index in [9.17, 15) is 13.2 Å². The van der Waals surface area contributed by atoms with Crippen LogP contribution in [0.15, 0.2) is 24.3 Å². The normalized spacial score (nSPS) is 13.1. The molecule has 1 atom stereocenters. The second kappa shape index (κ2) is 6.17. The molecule has 0 aromatic heterocycles. The number of hydrogen-bond donors (Lipinski definition) is 2. The standard InChI is InChI=1S/C11H15ClN2O3S/c1-13-11(15)7-10(14-18(2,16)17)8-3-5-9(12)6-4-8/h3-6,10,14H,7H2,1-2H3,(H,13,15)/t10-/m0/s1. The van der Waals surface area contributed by atoms with Crippen LogP contribution in [0.5, 0.6) is 0 Å². The van der Waals surface area contributed by atoms with Gasteiger partial charge in [-0.1, -0.05) is 23.7 Å². The molecule has 1 rings (SSSR count). The van der Waals surface area contributed by atoms with Gasteiger partial charge in [0, 0.05) is 18.5 Å². The molecule has 0 saturated heterocycles. The smallest absolute Gasteiger partial charge is 0.221 e. The van der Waals surface area contributed by atoms with Crippen molar-refractivity contribution in [2.24, 2.45) is 0 Å². The molecule has 100 valence electrons. The predicted molar refractivity (Wildman–Crippen MR) is 70.9 cm³/mol. The summed E-state index contributed by atoms with van der Waals surface area (Å²) in [5.41, 5.74) is 0.688. The van der Waals surface area contributed by atoms with Crippen LogP contribution in [0.1, 0.15) is 18.0 Å². The van der Waals surface area contributed by atoms with Gasteiger partial charge in [0.1, 0.15) is 0 Å². The third-order valence-corrected chi connectivity index (χ3v) is 3.26. The van der Waals surface area contributed by atoms with Crippen molar-refractivity contribution >= 4 is 27.5 Å². The largest absolute Gasteiger partial charge is 0.359 e. The molecule has 0 unspecified atom stereocenters. The summed E-state index contributed by atoms with van der Waals surface area (Å²) >= 11 is 5.76. The Labute approximate surface area is 112 Å². The molecular formula is C11H15ClN2O3S. The van der Waals surface area contributed by atoms with Crippen LogP contribution in [0.2, 0.25) is 5.02 Å². The summed E-state index contributed by atoms with van der Waals surface area (Å²) < 4.78 is 25.0. The molecule has 18 heavy (non-hydrogen) atoms. The lowest BCUT2D eigenvalue weighted by atomic mass is 10.0. The second-order valence-electron chi connectivity index (χ2n) is 3.87. The zero-order valence-electron chi connectivity index (χ0n) is 10.1. The average Bonchev–Trinajstić information content (AvgIpc) is 2.27. The van der Waals surface area contributed by atoms with Crippen molar-refractivity contribution in [1.82, 2.24) is 10.0 Å². The molecule has 0 aliphatic rings. The van der Waals surface area contributed by atoms with E-state index in [1.807, 2.05) is 0 Å². The Bertz CT molecular complexity index is 514. The first-order valence-corrected chi connectivity index (χ1v) is 7.52. The molecule has 0 bridgehead atoms. The van der Waals surface area contributed by atoms with Gasteiger partial charge in [0.2, 0.25) is 15.9 Å². The Morgan fingerprint density at radius 2 is 1.89 bits per heavy atom. The Morgan fingerprint density at radius 3 is 2.33 bits per heavy atom. The minimum absolute atomic E-state index is 0.0329. The lowest BCUT2D eigenvalue weighted by Crippen LogP contribution is -2.32. The Kier molecular flexibility index (Phi) is 5.13. The number of sulfonamides is 1. The molecule has 0 saturated carbocycles. The number of carbonyl (C=O) groups is 1. The van der Waals surface area contributed by atoms with E-state index >= 15 is 0 Å². The van der Waals surface area contributed by atoms with E-state index < -0.39 is 16.1 Å². The summed E-state index contributed by atoms with van der Waals surface area (Å²) in [6, 6.07) is 6.08. The highest BCUT2D eigenvalue weighted by Gasteiger charge is 2.19. The molecule has 1 aromatic carbocycles. The maximum Gasteiger partial charge on any atom is 0.221 e. The number of hydrogen-bond acceptors (Lipinski definition) is 3. The number of nitrogens with one attached hydrogen (secondary N) is 2. The average molecular weight is 291 g/mol. The highest BCUT2D eigenvalue weighted by molar-refractivity contribution is 7.88. The van der Waals surface area contributed by atoms with E-state index in [0.717, 1.165) is 6.26 Å². The van der Waals surface area contributed by atoms with Crippen molar-refractivity contribution in [3.05, 3.63) is 34.9 Å². The van der Waals surface area contributed by atoms with Crippen molar-refractivity contribution < 1.29 is 13.2 Å². The number of halogens is 1. The molecule has 0 aliphatic heterocycles. The molecule has 1 aromatic rings. The van der Waals surface area contributed by atoms with E-state index in [1.165, 1.54) is 7.05 Å². The van der Waals surface area contributed by atoms with Gasteiger partial charge in [-0.05, 0) is 17.7 Å². The molecule has 1 amide bonds. The van der Waals surface area contributed by atoms with Crippen LogP contribution in [0.4, 0.5) is 0 Å². The van der Waals surface area contributed by atoms with Gasteiger partial charge in [-0.3, -0.25) is 4.79 Å². The number of rotatable bonds is 5. The lowest BCUT2D eigenvalue weighted by molar-refractivity contribution is -0.121. The fraction of sp³-hybridized carbons (Fsp3) is 0.364. The summed E-state index contributed by atoms with van der Waals surface area (Å²) in [7, 11) is -1.90. The molecule has 5 nitrogen and oxygen atoms in total. The quantitative estimate of drug-likeness (QED) is 0.852. The highest BCUT2D eigenvalue weighted by Crippen LogP contribution is 2.20. The maximum absolute atomic E-state index is 11.4. The van der Waals surface area contributed by atoms with Crippen molar-refractivity contribution in [3.8, 4) is 0 Å². The van der Waals surface area contributed by atoms with Crippen molar-refractivity contribution in [3.63, 3.8) is 0 Å². The summed E-state index contributed by atoms with van der Waals surface area (Å²) in [6.45, 7) is 0. The van der Waals surface area contributed by atoms with Crippen LogP contribution in [-0.2, 0) is 14.8 Å². The van der Waals surface area contributed by atoms with Gasteiger partial charge in [0.05, 0.1) is 12.3 Å². The minimum Gasteiger partial charge on any atom is -0.359 e. The molecule has 0 radical (unpaired) electrons. The summed E-state index contributed by atoms with van der Waals surface area (Å²) in [6.07, 6.45) is 1.09. The van der Waals surface area contributed by atoms with Gasteiger partial charge < -0.3 is 5.32 Å². The van der Waals surface area contributed by atoms with Gasteiger partial charge >= 0.3 is 0 Å². The van der Waals surface area contributed by atoms with Crippen LogP contribution in [0.3, 0.4) is 0 Å². The Hall–Kier alpha value is -1.11. The Morgan fingerprint density at radius 1 is 1.33 bits per heavy atom. The zero-order valence-corrected chi connectivity index (χ0v) is 11.7. The maximum atomic E-state index is 11.4. The summed E-state index contributed by atoms with van der Waals surface area (Å²) in [5.74, 6) is -0.244. The van der Waals surface area contributed by atoms with Crippen molar-refractivity contribution in [1.29, 1.82) is 0 Å². The van der Waals surface area contributed by atoms with Crippen LogP contribution in [-0.4, -0.2) is 27.6 Å². The second-order valence-corrected chi connectivity index (χ2v) is 6.09. The third kappa shape index (κ3) is 5.03. The Balaban J connectivity index is 2.96. The zero-order chi connectivity index (χ0) is 13.8. The van der Waals surface area contributed by atoms with E-state index in [1.54, 1.807) is 24.3 Å². The van der Waals surface area contributed by atoms with E-state index in [2.05, 4.69) is 10.0 Å². The molecule has 0 aliphatic carbocycles. The van der Waals surface area contributed by atoms with Gasteiger partial charge in [0.15, 0.2) is 0 Å². The number of amides is 1. The third-order valence-electron chi connectivity index (χ3n) is 2.30. The van der Waals surface area contributed by atoms with E-state index in [4.69, 9.17) is 11.6 Å². The van der Waals surface area contributed by atoms with Gasteiger partial charge in [-0.25, -0.2) is 13.1 Å². The van der Waals surface area contributed by atoms with Gasteiger partial charge in [-0.2, -0.15) is 0 Å². The van der Waals surface area contributed by atoms with Gasteiger partial charge in [-0.15, -0.1) is 0 Å². The molecule has 0 fully saturated rings. The minimum atomic E-state index is -3.40. The van der Waals surface area contributed by atoms with Crippen molar-refractivity contribution in [2.75, 3.05) is 13.3 Å². The molecule has 2 N–H and O–H groups in total. The van der Waals surface area contributed by atoms with Crippen molar-refractivity contribution in [2.45, 2.75) is 12.5 Å². The fourth-order valence-electron chi connectivity index (χ4n) is 1.47. The molecule has 0 heterocycles. The van der Waals surface area contributed by atoms with Crippen LogP contribution in [0.25, 0.3) is 0 Å². The first-order chi connectivity index (χ1) is 8.31. The number of benzene rings is 1. The lowest BCUT2D eigenvalue weighted by Gasteiger charge is -2.17. The number of carbonyl (C=O) groups excluding carboxylic acids is 1. The summed E-state index contributed by atoms with van der Waals surface area (Å²) in [5, 5.41) is 3.02. The summed E-state index contributed by atoms with van der Waals surface area (Å²) in [4.78, 5) is 11.4. The van der Waals surface area contributed by atoms with Crippen LogP contribution < -0.4 is 10.0 Å². The highest BCUT2D eigenvalue weighted by atomic mass is 35.5. The first kappa shape index (κ1) is 14.9. The topological polar surface area (TPSA) is 75.3 Å². The molecule has 0 spiro atoms. The molecular weight excluding hydrogens is 276 g/mol.